The van der Waals surface area contributed by atoms with Crippen LogP contribution in [0, 0.1) is 11.8 Å². The fraction of sp³-hybridized carbons (Fsp3) is 0.469. The van der Waals surface area contributed by atoms with Crippen LogP contribution in [0.4, 0.5) is 0 Å². The highest BCUT2D eigenvalue weighted by atomic mass is 35.5. The van der Waals surface area contributed by atoms with E-state index in [4.69, 9.17) is 16.7 Å². The Morgan fingerprint density at radius 1 is 0.976 bits per heavy atom. The highest BCUT2D eigenvalue weighted by Gasteiger charge is 2.30. The van der Waals surface area contributed by atoms with E-state index in [1.165, 1.54) is 49.7 Å². The predicted molar refractivity (Wildman–Crippen MR) is 164 cm³/mol. The molecule has 0 saturated carbocycles. The lowest BCUT2D eigenvalue weighted by Gasteiger charge is -2.27. The molecule has 1 fully saturated rings. The van der Waals surface area contributed by atoms with Crippen LogP contribution in [0.25, 0.3) is 11.3 Å². The molecule has 9 heteroatoms. The van der Waals surface area contributed by atoms with E-state index in [9.17, 15) is 8.42 Å². The molecule has 0 bridgehead atoms. The SMILES string of the molecule is CS(=O)(=O)N1CCc2c(c(-c3ccc(Cl)c(C#Cc4ccc5c(c4)CNCC5)c3)nn2CCCN2CCCCC2)C1. The van der Waals surface area contributed by atoms with E-state index in [1.807, 2.05) is 18.2 Å². The van der Waals surface area contributed by atoms with Gasteiger partial charge in [-0.1, -0.05) is 42.0 Å². The molecular weight excluding hydrogens is 554 g/mol. The lowest BCUT2D eigenvalue weighted by atomic mass is 9.98. The average Bonchev–Trinajstić information content (AvgIpc) is 3.34. The highest BCUT2D eigenvalue weighted by molar-refractivity contribution is 7.88. The first kappa shape index (κ1) is 28.4. The van der Waals surface area contributed by atoms with Crippen LogP contribution in [0.2, 0.25) is 5.02 Å². The maximum atomic E-state index is 12.5. The van der Waals surface area contributed by atoms with Gasteiger partial charge < -0.3 is 10.2 Å². The van der Waals surface area contributed by atoms with Crippen molar-refractivity contribution in [2.75, 3.05) is 39.0 Å². The van der Waals surface area contributed by atoms with Crippen molar-refractivity contribution in [1.29, 1.82) is 0 Å². The van der Waals surface area contributed by atoms with Gasteiger partial charge in [0.1, 0.15) is 0 Å². The molecule has 3 aliphatic rings. The van der Waals surface area contributed by atoms with Gasteiger partial charge in [-0.05, 0) is 87.3 Å². The molecule has 3 aromatic rings. The normalized spacial score (nSPS) is 17.9. The Balaban J connectivity index is 1.29. The maximum Gasteiger partial charge on any atom is 0.211 e. The van der Waals surface area contributed by atoms with Crippen molar-refractivity contribution >= 4 is 21.6 Å². The van der Waals surface area contributed by atoms with Gasteiger partial charge in [0.25, 0.3) is 0 Å². The van der Waals surface area contributed by atoms with Crippen LogP contribution < -0.4 is 5.32 Å². The quantitative estimate of drug-likeness (QED) is 0.429. The summed E-state index contributed by atoms with van der Waals surface area (Å²) in [6.07, 6.45) is 7.92. The number of likely N-dealkylation sites (tertiary alicyclic amines) is 1. The molecular formula is C32H38ClN5O2S. The summed E-state index contributed by atoms with van der Waals surface area (Å²) in [5, 5.41) is 9.09. The van der Waals surface area contributed by atoms with Gasteiger partial charge in [0.05, 0.1) is 17.0 Å². The third kappa shape index (κ3) is 6.55. The first-order chi connectivity index (χ1) is 19.8. The molecule has 1 saturated heterocycles. The Morgan fingerprint density at radius 3 is 2.66 bits per heavy atom. The predicted octanol–water partition coefficient (Wildman–Crippen LogP) is 4.44. The molecule has 1 aromatic heterocycles. The number of aryl methyl sites for hydroxylation is 1. The number of hydrogen-bond acceptors (Lipinski definition) is 5. The van der Waals surface area contributed by atoms with E-state index < -0.39 is 10.0 Å². The van der Waals surface area contributed by atoms with Crippen LogP contribution in [0.1, 0.15) is 59.2 Å². The average molecular weight is 592 g/mol. The third-order valence-electron chi connectivity index (χ3n) is 8.54. The second kappa shape index (κ2) is 12.3. The lowest BCUT2D eigenvalue weighted by molar-refractivity contribution is 0.221. The first-order valence-corrected chi connectivity index (χ1v) is 17.0. The van der Waals surface area contributed by atoms with E-state index in [2.05, 4.69) is 44.9 Å². The zero-order valence-electron chi connectivity index (χ0n) is 23.8. The minimum atomic E-state index is -3.31. The molecule has 3 aliphatic heterocycles. The highest BCUT2D eigenvalue weighted by Crippen LogP contribution is 2.33. The molecule has 6 rings (SSSR count). The first-order valence-electron chi connectivity index (χ1n) is 14.8. The molecule has 7 nitrogen and oxygen atoms in total. The number of nitrogens with one attached hydrogen (secondary N) is 1. The summed E-state index contributed by atoms with van der Waals surface area (Å²) in [7, 11) is -3.31. The Kier molecular flexibility index (Phi) is 8.52. The Morgan fingerprint density at radius 2 is 1.83 bits per heavy atom. The van der Waals surface area contributed by atoms with Crippen LogP contribution in [0.3, 0.4) is 0 Å². The topological polar surface area (TPSA) is 70.5 Å². The Labute approximate surface area is 248 Å². The van der Waals surface area contributed by atoms with Crippen molar-refractivity contribution in [2.45, 2.75) is 58.2 Å². The van der Waals surface area contributed by atoms with Crippen molar-refractivity contribution in [3.8, 4) is 23.1 Å². The van der Waals surface area contributed by atoms with Crippen LogP contribution >= 0.6 is 11.6 Å². The van der Waals surface area contributed by atoms with Crippen LogP contribution in [0.15, 0.2) is 36.4 Å². The fourth-order valence-electron chi connectivity index (χ4n) is 6.26. The zero-order chi connectivity index (χ0) is 28.4. The van der Waals surface area contributed by atoms with Crippen molar-refractivity contribution in [1.82, 2.24) is 24.3 Å². The van der Waals surface area contributed by atoms with E-state index in [-0.39, 0.29) is 0 Å². The zero-order valence-corrected chi connectivity index (χ0v) is 25.3. The van der Waals surface area contributed by atoms with Gasteiger partial charge >= 0.3 is 0 Å². The summed E-state index contributed by atoms with van der Waals surface area (Å²) in [5.74, 6) is 6.59. The number of aromatic nitrogens is 2. The molecule has 41 heavy (non-hydrogen) atoms. The molecule has 216 valence electrons. The summed E-state index contributed by atoms with van der Waals surface area (Å²) in [4.78, 5) is 2.55. The van der Waals surface area contributed by atoms with Gasteiger partial charge in [-0.15, -0.1) is 0 Å². The molecule has 0 atom stereocenters. The summed E-state index contributed by atoms with van der Waals surface area (Å²) < 4.78 is 28.6. The molecule has 0 amide bonds. The van der Waals surface area contributed by atoms with Gasteiger partial charge in [-0.2, -0.15) is 9.40 Å². The summed E-state index contributed by atoms with van der Waals surface area (Å²) in [6.45, 7) is 6.96. The van der Waals surface area contributed by atoms with Gasteiger partial charge in [0, 0.05) is 60.5 Å². The number of benzene rings is 2. The number of piperidine rings is 1. The van der Waals surface area contributed by atoms with Crippen molar-refractivity contribution < 1.29 is 8.42 Å². The largest absolute Gasteiger partial charge is 0.312 e. The fourth-order valence-corrected chi connectivity index (χ4v) is 7.21. The Hall–Kier alpha value is -2.67. The minimum Gasteiger partial charge on any atom is -0.312 e. The summed E-state index contributed by atoms with van der Waals surface area (Å²) in [5.41, 5.74) is 8.26. The van der Waals surface area contributed by atoms with Gasteiger partial charge in [-0.25, -0.2) is 8.42 Å². The Bertz CT molecular complexity index is 1600. The molecule has 1 N–H and O–H groups in total. The number of nitrogens with zero attached hydrogens (tertiary/aromatic N) is 4. The molecule has 0 unspecified atom stereocenters. The molecule has 0 spiro atoms. The minimum absolute atomic E-state index is 0.336. The van der Waals surface area contributed by atoms with E-state index >= 15 is 0 Å². The second-order valence-electron chi connectivity index (χ2n) is 11.5. The van der Waals surface area contributed by atoms with E-state index in [0.29, 0.717) is 24.5 Å². The molecule has 4 heterocycles. The monoisotopic (exact) mass is 591 g/mol. The lowest BCUT2D eigenvalue weighted by Crippen LogP contribution is -2.35. The number of rotatable bonds is 6. The number of fused-ring (bicyclic) bond motifs is 2. The van der Waals surface area contributed by atoms with Crippen molar-refractivity contribution in [3.05, 3.63) is 74.9 Å². The summed E-state index contributed by atoms with van der Waals surface area (Å²) in [6, 6.07) is 12.3. The van der Waals surface area contributed by atoms with Gasteiger partial charge in [0.2, 0.25) is 10.0 Å². The number of sulfonamides is 1. The second-order valence-corrected chi connectivity index (χ2v) is 13.8. The van der Waals surface area contributed by atoms with E-state index in [1.54, 1.807) is 4.31 Å². The smallest absolute Gasteiger partial charge is 0.211 e. The van der Waals surface area contributed by atoms with Crippen molar-refractivity contribution in [2.24, 2.45) is 0 Å². The number of hydrogen-bond donors (Lipinski definition) is 1. The van der Waals surface area contributed by atoms with Crippen molar-refractivity contribution in [3.63, 3.8) is 0 Å². The third-order valence-corrected chi connectivity index (χ3v) is 10.1. The van der Waals surface area contributed by atoms with E-state index in [0.717, 1.165) is 72.7 Å². The van der Waals surface area contributed by atoms with Crippen LogP contribution in [0.5, 0.6) is 0 Å². The molecule has 0 radical (unpaired) electrons. The van der Waals surface area contributed by atoms with Gasteiger partial charge in [-0.3, -0.25) is 4.68 Å². The van der Waals surface area contributed by atoms with Gasteiger partial charge in [0.15, 0.2) is 0 Å². The number of halogens is 1. The van der Waals surface area contributed by atoms with Crippen LogP contribution in [-0.4, -0.2) is 66.4 Å². The van der Waals surface area contributed by atoms with Crippen LogP contribution in [-0.2, 0) is 42.5 Å². The maximum absolute atomic E-state index is 12.5. The molecule has 2 aromatic carbocycles. The standard InChI is InChI=1S/C32H38ClN5O2S/c1-41(39,40)37-19-13-31-29(23-37)32(35-38(31)18-5-17-36-15-3-2-4-16-36)27-10-11-30(33)26(21-27)9-7-24-6-8-25-12-14-34-22-28(25)20-24/h6,8,10-11,20-21,34H,2-5,12-19,22-23H2,1H3. The molecule has 0 aliphatic carbocycles. The summed E-state index contributed by atoms with van der Waals surface area (Å²) >= 11 is 6.61.